The summed E-state index contributed by atoms with van der Waals surface area (Å²) in [5.41, 5.74) is 0.0217. The number of hydrogen-bond donors (Lipinski definition) is 4. The van der Waals surface area contributed by atoms with E-state index in [1.807, 2.05) is 6.92 Å². The molecule has 40 heavy (non-hydrogen) atoms. The quantitative estimate of drug-likeness (QED) is 0.0560. The van der Waals surface area contributed by atoms with Gasteiger partial charge in [-0.2, -0.15) is 0 Å². The second-order valence-corrected chi connectivity index (χ2v) is 8.97. The first kappa shape index (κ1) is 32.2. The van der Waals surface area contributed by atoms with Gasteiger partial charge in [-0.15, -0.1) is 0 Å². The number of esters is 1. The highest BCUT2D eigenvalue weighted by molar-refractivity contribution is 5.96. The molecule has 0 aliphatic carbocycles. The molecule has 12 heteroatoms. The van der Waals surface area contributed by atoms with Gasteiger partial charge in [0.1, 0.15) is 22.8 Å². The minimum atomic E-state index is -0.737. The first-order valence-corrected chi connectivity index (χ1v) is 13.5. The minimum absolute atomic E-state index is 0.100. The van der Waals surface area contributed by atoms with Crippen LogP contribution in [0.25, 0.3) is 11.3 Å². The van der Waals surface area contributed by atoms with Crippen LogP contribution in [-0.2, 0) is 14.3 Å². The normalized spacial score (nSPS) is 12.2. The van der Waals surface area contributed by atoms with Gasteiger partial charge in [-0.05, 0) is 51.0 Å². The van der Waals surface area contributed by atoms with Crippen LogP contribution >= 0.6 is 0 Å². The lowest BCUT2D eigenvalue weighted by Gasteiger charge is -2.29. The van der Waals surface area contributed by atoms with Crippen molar-refractivity contribution in [3.05, 3.63) is 35.6 Å². The number of rotatable bonds is 17. The Kier molecular flexibility index (Phi) is 13.0. The molecular weight excluding hydrogens is 522 g/mol. The molecule has 1 heterocycles. The average Bonchev–Trinajstić information content (AvgIpc) is 3.43. The first-order chi connectivity index (χ1) is 19.2. The Morgan fingerprint density at radius 1 is 1.07 bits per heavy atom. The minimum Gasteiger partial charge on any atom is -0.506 e. The Bertz CT molecular complexity index is 1150. The molecule has 12 nitrogen and oxygen atoms in total. The number of hydroxylamine groups is 2. The number of nitrogens with zero attached hydrogens (tertiary/aromatic N) is 1. The number of unbranched alkanes of at least 4 members (excludes halogenated alkanes) is 2. The van der Waals surface area contributed by atoms with Gasteiger partial charge in [0.2, 0.25) is 12.3 Å². The number of aromatic hydroxyl groups is 1. The molecule has 1 aromatic heterocycles. The third-order valence-corrected chi connectivity index (χ3v) is 6.28. The van der Waals surface area contributed by atoms with Crippen LogP contribution in [-0.4, -0.2) is 65.5 Å². The molecule has 3 amide bonds. The Labute approximate surface area is 233 Å². The number of ether oxygens (including phenoxy) is 2. The smallest absolute Gasteiger partial charge is 0.342 e. The number of furan rings is 1. The Balaban J connectivity index is 2.14. The number of amides is 3. The van der Waals surface area contributed by atoms with Gasteiger partial charge in [0.05, 0.1) is 37.4 Å². The lowest BCUT2D eigenvalue weighted by molar-refractivity contribution is -0.168. The number of benzene rings is 1. The van der Waals surface area contributed by atoms with Crippen molar-refractivity contribution in [1.29, 1.82) is 0 Å². The Morgan fingerprint density at radius 2 is 1.82 bits per heavy atom. The lowest BCUT2D eigenvalue weighted by atomic mass is 9.90. The number of nitrogens with one attached hydrogen (secondary N) is 2. The predicted molar refractivity (Wildman–Crippen MR) is 145 cm³/mol. The van der Waals surface area contributed by atoms with E-state index < -0.39 is 29.7 Å². The summed E-state index contributed by atoms with van der Waals surface area (Å²) in [6.45, 7) is 7.41. The lowest BCUT2D eigenvalue weighted by Crippen LogP contribution is -2.47. The molecule has 2 aromatic rings. The fraction of sp³-hybridized carbons (Fsp3) is 0.500. The monoisotopic (exact) mass is 561 g/mol. The van der Waals surface area contributed by atoms with Crippen LogP contribution in [0.2, 0.25) is 0 Å². The van der Waals surface area contributed by atoms with Gasteiger partial charge in [-0.3, -0.25) is 19.6 Å². The van der Waals surface area contributed by atoms with E-state index in [4.69, 9.17) is 13.9 Å². The maximum Gasteiger partial charge on any atom is 0.342 e. The molecule has 220 valence electrons. The summed E-state index contributed by atoms with van der Waals surface area (Å²) >= 11 is 0. The van der Waals surface area contributed by atoms with Crippen LogP contribution in [0.5, 0.6) is 11.5 Å². The molecule has 1 aromatic carbocycles. The maximum atomic E-state index is 12.9. The molecule has 0 spiro atoms. The van der Waals surface area contributed by atoms with Crippen molar-refractivity contribution < 1.29 is 43.4 Å². The number of carbonyl (C=O) groups is 4. The zero-order valence-electron chi connectivity index (χ0n) is 23.4. The highest BCUT2D eigenvalue weighted by atomic mass is 16.5. The molecule has 0 saturated carbocycles. The molecule has 0 saturated heterocycles. The Hall–Kier alpha value is -4.06. The third-order valence-electron chi connectivity index (χ3n) is 6.28. The fourth-order valence-corrected chi connectivity index (χ4v) is 4.29. The molecule has 0 radical (unpaired) electrons. The zero-order chi connectivity index (χ0) is 29.7. The molecule has 2 atom stereocenters. The van der Waals surface area contributed by atoms with E-state index in [2.05, 4.69) is 10.6 Å². The third kappa shape index (κ3) is 8.47. The van der Waals surface area contributed by atoms with Crippen molar-refractivity contribution in [3.8, 4) is 22.8 Å². The SMILES string of the molecule is CCCCCC(C(=O)NCNC(=O)c1ccc(-c2cc(OCC)cc(C(=O)OCC)c2O)o1)C(CC)N(O)C=O. The zero-order valence-corrected chi connectivity index (χ0v) is 23.4. The van der Waals surface area contributed by atoms with E-state index in [0.29, 0.717) is 30.3 Å². The molecule has 2 rings (SSSR count). The van der Waals surface area contributed by atoms with E-state index >= 15 is 0 Å². The van der Waals surface area contributed by atoms with E-state index in [9.17, 15) is 29.5 Å². The van der Waals surface area contributed by atoms with Gasteiger partial charge in [-0.25, -0.2) is 9.86 Å². The number of carbonyl (C=O) groups excluding carboxylic acids is 4. The number of phenols is 1. The predicted octanol–water partition coefficient (Wildman–Crippen LogP) is 3.85. The summed E-state index contributed by atoms with van der Waals surface area (Å²) in [4.78, 5) is 49.0. The molecule has 0 aliphatic heterocycles. The summed E-state index contributed by atoms with van der Waals surface area (Å²) in [6, 6.07) is 4.99. The van der Waals surface area contributed by atoms with Crippen LogP contribution in [0.15, 0.2) is 28.7 Å². The van der Waals surface area contributed by atoms with E-state index in [-0.39, 0.29) is 48.1 Å². The second kappa shape index (κ2) is 16.1. The van der Waals surface area contributed by atoms with Gasteiger partial charge in [0.15, 0.2) is 5.76 Å². The van der Waals surface area contributed by atoms with E-state index in [1.165, 1.54) is 24.3 Å². The van der Waals surface area contributed by atoms with Crippen LogP contribution in [0, 0.1) is 5.92 Å². The van der Waals surface area contributed by atoms with Crippen molar-refractivity contribution >= 4 is 24.2 Å². The van der Waals surface area contributed by atoms with Gasteiger partial charge >= 0.3 is 5.97 Å². The van der Waals surface area contributed by atoms with E-state index in [0.717, 1.165) is 19.3 Å². The van der Waals surface area contributed by atoms with Crippen molar-refractivity contribution in [1.82, 2.24) is 15.7 Å². The van der Waals surface area contributed by atoms with Gasteiger partial charge in [0, 0.05) is 0 Å². The highest BCUT2D eigenvalue weighted by Crippen LogP contribution is 2.37. The maximum absolute atomic E-state index is 12.9. The first-order valence-electron chi connectivity index (χ1n) is 13.5. The van der Waals surface area contributed by atoms with Crippen LogP contribution in [0.3, 0.4) is 0 Å². The summed E-state index contributed by atoms with van der Waals surface area (Å²) in [6.07, 6.45) is 3.71. The van der Waals surface area contributed by atoms with Gasteiger partial charge in [0.25, 0.3) is 5.91 Å². The summed E-state index contributed by atoms with van der Waals surface area (Å²) in [7, 11) is 0. The van der Waals surface area contributed by atoms with Crippen molar-refractivity contribution in [2.24, 2.45) is 5.92 Å². The Morgan fingerprint density at radius 3 is 2.45 bits per heavy atom. The molecule has 0 aliphatic rings. The van der Waals surface area contributed by atoms with Crippen LogP contribution in [0.1, 0.15) is 80.7 Å². The molecule has 0 bridgehead atoms. The molecule has 4 N–H and O–H groups in total. The second-order valence-electron chi connectivity index (χ2n) is 8.97. The molecular formula is C28H39N3O9. The summed E-state index contributed by atoms with van der Waals surface area (Å²) < 4.78 is 16.1. The van der Waals surface area contributed by atoms with Crippen molar-refractivity contribution in [2.45, 2.75) is 65.8 Å². The topological polar surface area (TPSA) is 168 Å². The molecule has 2 unspecified atom stereocenters. The standard InChI is InChI=1S/C28H39N3O9/c1-5-9-10-11-19(22(6-2)31(37)17-32)26(34)29-16-30-27(35)24-13-12-23(40-24)20-14-18(38-7-3)15-21(25(20)33)28(36)39-8-4/h12-15,17,19,22,33,37H,5-11,16H2,1-4H3,(H,29,34)(H,30,35). The van der Waals surface area contributed by atoms with Crippen LogP contribution in [0.4, 0.5) is 0 Å². The van der Waals surface area contributed by atoms with Crippen molar-refractivity contribution in [2.75, 3.05) is 19.9 Å². The van der Waals surface area contributed by atoms with Crippen LogP contribution < -0.4 is 15.4 Å². The summed E-state index contributed by atoms with van der Waals surface area (Å²) in [5.74, 6) is -2.51. The number of phenolic OH excluding ortho intramolecular Hbond substituents is 1. The van der Waals surface area contributed by atoms with Gasteiger partial charge < -0.3 is 29.6 Å². The van der Waals surface area contributed by atoms with Crippen molar-refractivity contribution in [3.63, 3.8) is 0 Å². The molecule has 0 fully saturated rings. The van der Waals surface area contributed by atoms with Gasteiger partial charge in [-0.1, -0.05) is 33.1 Å². The summed E-state index contributed by atoms with van der Waals surface area (Å²) in [5, 5.41) is 26.4. The largest absolute Gasteiger partial charge is 0.506 e. The fourth-order valence-electron chi connectivity index (χ4n) is 4.29. The highest BCUT2D eigenvalue weighted by Gasteiger charge is 2.30. The average molecular weight is 562 g/mol. The van der Waals surface area contributed by atoms with E-state index in [1.54, 1.807) is 20.8 Å². The number of hydrogen-bond acceptors (Lipinski definition) is 9.